The Labute approximate surface area is 80.3 Å². The average molecular weight is 195 g/mol. The van der Waals surface area contributed by atoms with Crippen LogP contribution >= 0.6 is 11.6 Å². The third-order valence-corrected chi connectivity index (χ3v) is 1.82. The van der Waals surface area contributed by atoms with Crippen molar-refractivity contribution in [2.45, 2.75) is 6.92 Å². The topological polar surface area (TPSA) is 38.9 Å². The first-order valence-corrected chi connectivity index (χ1v) is 4.20. The Bertz CT molecular complexity index is 425. The quantitative estimate of drug-likeness (QED) is 0.701. The van der Waals surface area contributed by atoms with Crippen molar-refractivity contribution in [3.8, 4) is 11.5 Å². The van der Waals surface area contributed by atoms with E-state index >= 15 is 0 Å². The van der Waals surface area contributed by atoms with E-state index in [-0.39, 0.29) is 5.28 Å². The van der Waals surface area contributed by atoms with Gasteiger partial charge in [0.05, 0.1) is 0 Å². The molecule has 13 heavy (non-hydrogen) atoms. The molecular formula is C9H7ClN2O. The lowest BCUT2D eigenvalue weighted by molar-refractivity contribution is 0.430. The minimum absolute atomic E-state index is 0.136. The molecule has 0 aliphatic heterocycles. The summed E-state index contributed by atoms with van der Waals surface area (Å²) in [4.78, 5) is 3.91. The van der Waals surface area contributed by atoms with Gasteiger partial charge in [0.1, 0.15) is 0 Å². The minimum atomic E-state index is 0.136. The molecule has 0 aliphatic carbocycles. The van der Waals surface area contributed by atoms with Crippen LogP contribution in [0.4, 0.5) is 0 Å². The van der Waals surface area contributed by atoms with Gasteiger partial charge in [-0.2, -0.15) is 4.98 Å². The summed E-state index contributed by atoms with van der Waals surface area (Å²) in [6, 6.07) is 7.80. The predicted molar refractivity (Wildman–Crippen MR) is 49.5 cm³/mol. The van der Waals surface area contributed by atoms with Gasteiger partial charge in [0.2, 0.25) is 0 Å². The zero-order chi connectivity index (χ0) is 9.26. The summed E-state index contributed by atoms with van der Waals surface area (Å²) >= 11 is 5.53. The van der Waals surface area contributed by atoms with Gasteiger partial charge in [-0.25, -0.2) is 0 Å². The molecule has 66 valence electrons. The van der Waals surface area contributed by atoms with Crippen molar-refractivity contribution in [1.29, 1.82) is 0 Å². The number of hydrogen-bond acceptors (Lipinski definition) is 3. The number of benzene rings is 1. The molecule has 2 rings (SSSR count). The number of nitrogens with zero attached hydrogens (tertiary/aromatic N) is 2. The summed E-state index contributed by atoms with van der Waals surface area (Å²) in [6.07, 6.45) is 0. The molecule has 2 aromatic rings. The van der Waals surface area contributed by atoms with Gasteiger partial charge < -0.3 is 4.52 Å². The fourth-order valence-corrected chi connectivity index (χ4v) is 1.21. The van der Waals surface area contributed by atoms with Crippen molar-refractivity contribution in [1.82, 2.24) is 10.1 Å². The highest BCUT2D eigenvalue weighted by Gasteiger charge is 2.05. The first kappa shape index (κ1) is 8.26. The van der Waals surface area contributed by atoms with Crippen LogP contribution in [0.25, 0.3) is 11.5 Å². The number of halogens is 1. The Morgan fingerprint density at radius 3 is 2.85 bits per heavy atom. The number of aryl methyl sites for hydroxylation is 1. The number of hydrogen-bond donors (Lipinski definition) is 0. The average Bonchev–Trinajstić information content (AvgIpc) is 2.52. The van der Waals surface area contributed by atoms with Gasteiger partial charge in [-0.15, -0.1) is 0 Å². The molecule has 0 N–H and O–H groups in total. The lowest BCUT2D eigenvalue weighted by Gasteiger charge is -1.94. The van der Waals surface area contributed by atoms with Crippen LogP contribution < -0.4 is 0 Å². The van der Waals surface area contributed by atoms with Crippen LogP contribution in [0.2, 0.25) is 5.28 Å². The van der Waals surface area contributed by atoms with Crippen LogP contribution in [0.5, 0.6) is 0 Å². The van der Waals surface area contributed by atoms with Crippen LogP contribution in [-0.4, -0.2) is 10.1 Å². The molecule has 1 aromatic carbocycles. The van der Waals surface area contributed by atoms with E-state index < -0.39 is 0 Å². The van der Waals surface area contributed by atoms with Crippen LogP contribution in [0.3, 0.4) is 0 Å². The fourth-order valence-electron chi connectivity index (χ4n) is 1.10. The molecule has 0 saturated carbocycles. The second-order valence-corrected chi connectivity index (χ2v) is 3.08. The minimum Gasteiger partial charge on any atom is -0.333 e. The Hall–Kier alpha value is -1.35. The van der Waals surface area contributed by atoms with Gasteiger partial charge in [0.15, 0.2) is 0 Å². The first-order chi connectivity index (χ1) is 6.25. The molecule has 1 heterocycles. The molecule has 0 aliphatic rings. The smallest absolute Gasteiger partial charge is 0.264 e. The van der Waals surface area contributed by atoms with E-state index in [1.54, 1.807) is 0 Å². The van der Waals surface area contributed by atoms with E-state index in [9.17, 15) is 0 Å². The van der Waals surface area contributed by atoms with Gasteiger partial charge in [0.25, 0.3) is 11.2 Å². The van der Waals surface area contributed by atoms with Gasteiger partial charge in [0, 0.05) is 5.56 Å². The maximum Gasteiger partial charge on any atom is 0.264 e. The second-order valence-electron chi connectivity index (χ2n) is 2.74. The highest BCUT2D eigenvalue weighted by atomic mass is 35.5. The molecule has 4 heteroatoms. The van der Waals surface area contributed by atoms with Crippen molar-refractivity contribution in [3.63, 3.8) is 0 Å². The molecule has 0 amide bonds. The largest absolute Gasteiger partial charge is 0.333 e. The van der Waals surface area contributed by atoms with Crippen molar-refractivity contribution in [3.05, 3.63) is 35.1 Å². The van der Waals surface area contributed by atoms with Crippen LogP contribution in [0, 0.1) is 6.92 Å². The fraction of sp³-hybridized carbons (Fsp3) is 0.111. The molecule has 0 bridgehead atoms. The third-order valence-electron chi connectivity index (χ3n) is 1.67. The normalized spacial score (nSPS) is 10.3. The lowest BCUT2D eigenvalue weighted by Crippen LogP contribution is -1.78. The third kappa shape index (κ3) is 1.70. The molecule has 3 nitrogen and oxygen atoms in total. The summed E-state index contributed by atoms with van der Waals surface area (Å²) in [5.41, 5.74) is 2.03. The first-order valence-electron chi connectivity index (χ1n) is 3.82. The van der Waals surface area contributed by atoms with E-state index in [1.165, 1.54) is 0 Å². The standard InChI is InChI=1S/C9H7ClN2O/c1-6-3-2-4-7(5-6)8-11-9(10)12-13-8/h2-5H,1H3. The molecule has 1 aromatic heterocycles. The summed E-state index contributed by atoms with van der Waals surface area (Å²) in [7, 11) is 0. The maximum absolute atomic E-state index is 5.53. The SMILES string of the molecule is Cc1cccc(-c2nc(Cl)no2)c1. The Kier molecular flexibility index (Phi) is 2.02. The van der Waals surface area contributed by atoms with Crippen molar-refractivity contribution >= 4 is 11.6 Å². The monoisotopic (exact) mass is 194 g/mol. The van der Waals surface area contributed by atoms with Crippen LogP contribution in [0.1, 0.15) is 5.56 Å². The molecule has 0 spiro atoms. The van der Waals surface area contributed by atoms with Crippen LogP contribution in [0.15, 0.2) is 28.8 Å². The highest BCUT2D eigenvalue weighted by Crippen LogP contribution is 2.19. The van der Waals surface area contributed by atoms with Crippen LogP contribution in [-0.2, 0) is 0 Å². The molecule has 0 atom stereocenters. The Balaban J connectivity index is 2.46. The highest BCUT2D eigenvalue weighted by molar-refractivity contribution is 6.28. The summed E-state index contributed by atoms with van der Waals surface area (Å²) in [5.74, 6) is 0.453. The molecule has 0 fully saturated rings. The number of aromatic nitrogens is 2. The van der Waals surface area contributed by atoms with Gasteiger partial charge >= 0.3 is 0 Å². The Morgan fingerprint density at radius 2 is 2.23 bits per heavy atom. The van der Waals surface area contributed by atoms with Gasteiger partial charge in [-0.1, -0.05) is 17.7 Å². The van der Waals surface area contributed by atoms with E-state index in [1.807, 2.05) is 31.2 Å². The molecule has 0 unspecified atom stereocenters. The second kappa shape index (κ2) is 3.18. The molecule has 0 saturated heterocycles. The van der Waals surface area contributed by atoms with E-state index in [2.05, 4.69) is 10.1 Å². The van der Waals surface area contributed by atoms with E-state index in [0.29, 0.717) is 5.89 Å². The Morgan fingerprint density at radius 1 is 1.38 bits per heavy atom. The summed E-state index contributed by atoms with van der Waals surface area (Å²) in [6.45, 7) is 2.00. The number of rotatable bonds is 1. The lowest BCUT2D eigenvalue weighted by atomic mass is 10.1. The van der Waals surface area contributed by atoms with E-state index in [0.717, 1.165) is 11.1 Å². The molecular weight excluding hydrogens is 188 g/mol. The van der Waals surface area contributed by atoms with Crippen molar-refractivity contribution < 1.29 is 4.52 Å². The van der Waals surface area contributed by atoms with Crippen molar-refractivity contribution in [2.75, 3.05) is 0 Å². The van der Waals surface area contributed by atoms with Crippen molar-refractivity contribution in [2.24, 2.45) is 0 Å². The van der Waals surface area contributed by atoms with Gasteiger partial charge in [-0.05, 0) is 35.8 Å². The zero-order valence-corrected chi connectivity index (χ0v) is 7.75. The predicted octanol–water partition coefficient (Wildman–Crippen LogP) is 2.70. The van der Waals surface area contributed by atoms with E-state index in [4.69, 9.17) is 16.1 Å². The maximum atomic E-state index is 5.53. The van der Waals surface area contributed by atoms with Gasteiger partial charge in [-0.3, -0.25) is 0 Å². The summed E-state index contributed by atoms with van der Waals surface area (Å²) in [5, 5.41) is 3.64. The summed E-state index contributed by atoms with van der Waals surface area (Å²) < 4.78 is 4.91. The zero-order valence-electron chi connectivity index (χ0n) is 6.99. The molecule has 0 radical (unpaired) electrons.